The third-order valence-corrected chi connectivity index (χ3v) is 3.09. The van der Waals surface area contributed by atoms with E-state index in [1.807, 2.05) is 47.0 Å². The van der Waals surface area contributed by atoms with Crippen molar-refractivity contribution in [2.45, 2.75) is 6.92 Å². The molecule has 102 valence electrons. The fraction of sp³-hybridized carbons (Fsp3) is 0.188. The molecule has 0 bridgehead atoms. The lowest BCUT2D eigenvalue weighted by Crippen LogP contribution is -2.13. The second-order valence-electron chi connectivity index (χ2n) is 4.66. The quantitative estimate of drug-likeness (QED) is 0.722. The van der Waals surface area contributed by atoms with E-state index in [1.54, 1.807) is 6.20 Å². The van der Waals surface area contributed by atoms with E-state index in [9.17, 15) is 0 Å². The van der Waals surface area contributed by atoms with Crippen molar-refractivity contribution in [2.75, 3.05) is 18.5 Å². The molecule has 0 amide bonds. The summed E-state index contributed by atoms with van der Waals surface area (Å²) in [6, 6.07) is 14.1. The fourth-order valence-corrected chi connectivity index (χ4v) is 2.14. The van der Waals surface area contributed by atoms with Crippen molar-refractivity contribution in [3.05, 3.63) is 60.4 Å². The second kappa shape index (κ2) is 5.65. The van der Waals surface area contributed by atoms with Gasteiger partial charge in [-0.1, -0.05) is 18.2 Å². The average molecular weight is 267 g/mol. The number of hydrogen-bond acceptors (Lipinski definition) is 3. The molecule has 2 aromatic heterocycles. The molecule has 0 radical (unpaired) electrons. The summed E-state index contributed by atoms with van der Waals surface area (Å²) in [5, 5.41) is 3.36. The van der Waals surface area contributed by atoms with Crippen LogP contribution in [0.4, 0.5) is 5.82 Å². The maximum Gasteiger partial charge on any atom is 0.138 e. The molecular formula is C16H17N3O. The number of nitrogens with zero attached hydrogens (tertiary/aromatic N) is 2. The molecule has 2 heterocycles. The molecular weight excluding hydrogens is 250 g/mol. The number of hydrogen-bond donors (Lipinski definition) is 1. The maximum atomic E-state index is 5.71. The van der Waals surface area contributed by atoms with Gasteiger partial charge in [0.2, 0.25) is 0 Å². The minimum Gasteiger partial charge on any atom is -0.492 e. The molecule has 3 rings (SSSR count). The third kappa shape index (κ3) is 2.74. The van der Waals surface area contributed by atoms with Crippen LogP contribution >= 0.6 is 0 Å². The highest BCUT2D eigenvalue weighted by Crippen LogP contribution is 2.13. The van der Waals surface area contributed by atoms with E-state index >= 15 is 0 Å². The van der Waals surface area contributed by atoms with E-state index in [4.69, 9.17) is 4.74 Å². The highest BCUT2D eigenvalue weighted by atomic mass is 16.5. The molecule has 1 N–H and O–H groups in total. The molecule has 0 atom stereocenters. The number of benzene rings is 1. The SMILES string of the molecule is Cc1cccc(OCCNc2cccc3nccn23)c1. The number of anilines is 1. The van der Waals surface area contributed by atoms with Gasteiger partial charge in [0.1, 0.15) is 23.8 Å². The van der Waals surface area contributed by atoms with Crippen molar-refractivity contribution in [1.82, 2.24) is 9.38 Å². The molecule has 0 unspecified atom stereocenters. The Hall–Kier alpha value is -2.49. The normalized spacial score (nSPS) is 10.7. The minimum absolute atomic E-state index is 0.620. The number of pyridine rings is 1. The lowest BCUT2D eigenvalue weighted by Gasteiger charge is -2.10. The largest absolute Gasteiger partial charge is 0.492 e. The Balaban J connectivity index is 1.56. The van der Waals surface area contributed by atoms with Crippen LogP contribution < -0.4 is 10.1 Å². The minimum atomic E-state index is 0.620. The van der Waals surface area contributed by atoms with Gasteiger partial charge >= 0.3 is 0 Å². The van der Waals surface area contributed by atoms with Crippen LogP contribution in [0.25, 0.3) is 5.65 Å². The number of fused-ring (bicyclic) bond motifs is 1. The van der Waals surface area contributed by atoms with Crippen molar-refractivity contribution in [1.29, 1.82) is 0 Å². The van der Waals surface area contributed by atoms with E-state index < -0.39 is 0 Å². The van der Waals surface area contributed by atoms with Crippen molar-refractivity contribution in [3.63, 3.8) is 0 Å². The highest BCUT2D eigenvalue weighted by molar-refractivity contribution is 5.49. The summed E-state index contributed by atoms with van der Waals surface area (Å²) in [5.74, 6) is 1.93. The van der Waals surface area contributed by atoms with Gasteiger partial charge in [-0.3, -0.25) is 4.40 Å². The smallest absolute Gasteiger partial charge is 0.138 e. The standard InChI is InChI=1S/C16H17N3O/c1-13-4-2-5-14(12-13)20-11-9-18-16-7-3-6-15-17-8-10-19(15)16/h2-8,10,12,18H,9,11H2,1H3. The van der Waals surface area contributed by atoms with Crippen LogP contribution in [-0.2, 0) is 0 Å². The lowest BCUT2D eigenvalue weighted by atomic mass is 10.2. The number of ether oxygens (including phenoxy) is 1. The zero-order chi connectivity index (χ0) is 13.8. The summed E-state index contributed by atoms with van der Waals surface area (Å²) in [4.78, 5) is 4.26. The third-order valence-electron chi connectivity index (χ3n) is 3.09. The lowest BCUT2D eigenvalue weighted by molar-refractivity contribution is 0.332. The van der Waals surface area contributed by atoms with Gasteiger partial charge in [0.05, 0.1) is 6.54 Å². The molecule has 4 nitrogen and oxygen atoms in total. The topological polar surface area (TPSA) is 38.6 Å². The number of nitrogens with one attached hydrogen (secondary N) is 1. The van der Waals surface area contributed by atoms with Gasteiger partial charge in [-0.2, -0.15) is 0 Å². The van der Waals surface area contributed by atoms with Crippen molar-refractivity contribution >= 4 is 11.5 Å². The Bertz CT molecular complexity index is 706. The number of aromatic nitrogens is 2. The first kappa shape index (κ1) is 12.5. The maximum absolute atomic E-state index is 5.71. The molecule has 1 aromatic carbocycles. The molecule has 0 saturated carbocycles. The van der Waals surface area contributed by atoms with Gasteiger partial charge in [-0.05, 0) is 36.8 Å². The summed E-state index contributed by atoms with van der Waals surface area (Å²) in [5.41, 5.74) is 2.15. The zero-order valence-electron chi connectivity index (χ0n) is 11.4. The summed E-state index contributed by atoms with van der Waals surface area (Å²) >= 11 is 0. The predicted molar refractivity (Wildman–Crippen MR) is 80.4 cm³/mol. The van der Waals surface area contributed by atoms with E-state index in [-0.39, 0.29) is 0 Å². The van der Waals surface area contributed by atoms with Gasteiger partial charge in [-0.15, -0.1) is 0 Å². The van der Waals surface area contributed by atoms with Crippen molar-refractivity contribution in [3.8, 4) is 5.75 Å². The molecule has 0 saturated heterocycles. The van der Waals surface area contributed by atoms with Crippen LogP contribution in [0.3, 0.4) is 0 Å². The first-order valence-electron chi connectivity index (χ1n) is 6.68. The fourth-order valence-electron chi connectivity index (χ4n) is 2.14. The molecule has 0 aliphatic heterocycles. The average Bonchev–Trinajstić information content (AvgIpc) is 2.93. The van der Waals surface area contributed by atoms with Crippen LogP contribution in [-0.4, -0.2) is 22.5 Å². The van der Waals surface area contributed by atoms with E-state index in [0.29, 0.717) is 6.61 Å². The van der Waals surface area contributed by atoms with Gasteiger partial charge in [-0.25, -0.2) is 4.98 Å². The van der Waals surface area contributed by atoms with Gasteiger partial charge < -0.3 is 10.1 Å². The molecule has 4 heteroatoms. The Morgan fingerprint density at radius 1 is 1.20 bits per heavy atom. The molecule has 0 aliphatic rings. The Kier molecular flexibility index (Phi) is 3.54. The van der Waals surface area contributed by atoms with Gasteiger partial charge in [0.25, 0.3) is 0 Å². The number of imidazole rings is 1. The molecule has 0 aliphatic carbocycles. The second-order valence-corrected chi connectivity index (χ2v) is 4.66. The zero-order valence-corrected chi connectivity index (χ0v) is 11.4. The summed E-state index contributed by atoms with van der Waals surface area (Å²) in [7, 11) is 0. The Labute approximate surface area is 118 Å². The Morgan fingerprint density at radius 2 is 2.10 bits per heavy atom. The first-order valence-corrected chi connectivity index (χ1v) is 6.68. The monoisotopic (exact) mass is 267 g/mol. The molecule has 0 spiro atoms. The van der Waals surface area contributed by atoms with Crippen molar-refractivity contribution in [2.24, 2.45) is 0 Å². The highest BCUT2D eigenvalue weighted by Gasteiger charge is 1.99. The van der Waals surface area contributed by atoms with Crippen molar-refractivity contribution < 1.29 is 4.74 Å². The molecule has 3 aromatic rings. The first-order chi connectivity index (χ1) is 9.83. The van der Waals surface area contributed by atoms with Gasteiger partial charge in [0, 0.05) is 12.4 Å². The summed E-state index contributed by atoms with van der Waals surface area (Å²) in [6.07, 6.45) is 3.74. The van der Waals surface area contributed by atoms with Crippen LogP contribution in [0.2, 0.25) is 0 Å². The molecule has 20 heavy (non-hydrogen) atoms. The summed E-state index contributed by atoms with van der Waals surface area (Å²) in [6.45, 7) is 3.42. The van der Waals surface area contributed by atoms with E-state index in [2.05, 4.69) is 23.3 Å². The predicted octanol–water partition coefficient (Wildman–Crippen LogP) is 3.13. The summed E-state index contributed by atoms with van der Waals surface area (Å²) < 4.78 is 7.74. The number of aryl methyl sites for hydroxylation is 1. The van der Waals surface area contributed by atoms with Crippen LogP contribution in [0, 0.1) is 6.92 Å². The van der Waals surface area contributed by atoms with E-state index in [1.165, 1.54) is 5.56 Å². The Morgan fingerprint density at radius 3 is 3.00 bits per heavy atom. The van der Waals surface area contributed by atoms with Crippen LogP contribution in [0.15, 0.2) is 54.9 Å². The number of rotatable bonds is 5. The van der Waals surface area contributed by atoms with Crippen LogP contribution in [0.5, 0.6) is 5.75 Å². The molecule has 0 fully saturated rings. The van der Waals surface area contributed by atoms with Crippen LogP contribution in [0.1, 0.15) is 5.56 Å². The van der Waals surface area contributed by atoms with E-state index in [0.717, 1.165) is 23.8 Å². The van der Waals surface area contributed by atoms with Gasteiger partial charge in [0.15, 0.2) is 0 Å².